The molecule has 5 nitrogen and oxygen atoms in total. The molecule has 1 aromatic rings. The second-order valence-corrected chi connectivity index (χ2v) is 3.41. The molecule has 0 aromatic heterocycles. The zero-order valence-corrected chi connectivity index (χ0v) is 8.87. The van der Waals surface area contributed by atoms with Crippen LogP contribution in [0.25, 0.3) is 0 Å². The summed E-state index contributed by atoms with van der Waals surface area (Å²) in [5.41, 5.74) is 1.05. The van der Waals surface area contributed by atoms with Gasteiger partial charge in [0, 0.05) is 12.1 Å². The van der Waals surface area contributed by atoms with Gasteiger partial charge in [0.25, 0.3) is 11.8 Å². The molecule has 0 spiro atoms. The van der Waals surface area contributed by atoms with E-state index < -0.39 is 0 Å². The molecular formula is C11H12N2O3. The summed E-state index contributed by atoms with van der Waals surface area (Å²) in [6.07, 6.45) is 0. The molecule has 0 bridgehead atoms. The lowest BCUT2D eigenvalue weighted by atomic mass is 10.1. The molecule has 1 aromatic carbocycles. The SMILES string of the molecule is CCNC(=O)c1ccc2c(c1)NC(=O)CO2. The molecule has 2 amide bonds. The van der Waals surface area contributed by atoms with Crippen LogP contribution in [0.5, 0.6) is 5.75 Å². The average molecular weight is 220 g/mol. The maximum absolute atomic E-state index is 11.5. The topological polar surface area (TPSA) is 67.4 Å². The number of carbonyl (C=O) groups is 2. The Hall–Kier alpha value is -2.04. The highest BCUT2D eigenvalue weighted by molar-refractivity contribution is 5.99. The molecule has 1 aliphatic heterocycles. The Morgan fingerprint density at radius 3 is 3.12 bits per heavy atom. The molecule has 0 fully saturated rings. The third-order valence-corrected chi connectivity index (χ3v) is 2.21. The lowest BCUT2D eigenvalue weighted by Crippen LogP contribution is -2.27. The van der Waals surface area contributed by atoms with Crippen LogP contribution < -0.4 is 15.4 Å². The average Bonchev–Trinajstić information content (AvgIpc) is 2.28. The number of benzene rings is 1. The highest BCUT2D eigenvalue weighted by Crippen LogP contribution is 2.28. The maximum atomic E-state index is 11.5. The van der Waals surface area contributed by atoms with Gasteiger partial charge in [-0.05, 0) is 25.1 Å². The predicted molar refractivity (Wildman–Crippen MR) is 58.6 cm³/mol. The van der Waals surface area contributed by atoms with E-state index in [2.05, 4.69) is 10.6 Å². The maximum Gasteiger partial charge on any atom is 0.262 e. The second-order valence-electron chi connectivity index (χ2n) is 3.41. The van der Waals surface area contributed by atoms with Crippen LogP contribution >= 0.6 is 0 Å². The van der Waals surface area contributed by atoms with Gasteiger partial charge in [-0.2, -0.15) is 0 Å². The normalized spacial score (nSPS) is 13.4. The lowest BCUT2D eigenvalue weighted by molar-refractivity contribution is -0.118. The molecule has 84 valence electrons. The Bertz CT molecular complexity index is 443. The minimum atomic E-state index is -0.208. The molecule has 16 heavy (non-hydrogen) atoms. The van der Waals surface area contributed by atoms with E-state index in [4.69, 9.17) is 4.74 Å². The summed E-state index contributed by atoms with van der Waals surface area (Å²) in [5, 5.41) is 5.34. The van der Waals surface area contributed by atoms with Crippen molar-refractivity contribution in [2.45, 2.75) is 6.92 Å². The first-order chi connectivity index (χ1) is 7.70. The summed E-state index contributed by atoms with van der Waals surface area (Å²) >= 11 is 0. The van der Waals surface area contributed by atoms with Gasteiger partial charge in [-0.15, -0.1) is 0 Å². The first-order valence-electron chi connectivity index (χ1n) is 5.05. The van der Waals surface area contributed by atoms with Crippen molar-refractivity contribution in [3.8, 4) is 5.75 Å². The number of fused-ring (bicyclic) bond motifs is 1. The van der Waals surface area contributed by atoms with Crippen LogP contribution in [0.2, 0.25) is 0 Å². The van der Waals surface area contributed by atoms with Crippen LogP contribution in [0.4, 0.5) is 5.69 Å². The fourth-order valence-electron chi connectivity index (χ4n) is 1.49. The third kappa shape index (κ3) is 1.98. The van der Waals surface area contributed by atoms with Crippen molar-refractivity contribution in [1.29, 1.82) is 0 Å². The van der Waals surface area contributed by atoms with Gasteiger partial charge in [-0.1, -0.05) is 0 Å². The highest BCUT2D eigenvalue weighted by Gasteiger charge is 2.17. The van der Waals surface area contributed by atoms with Gasteiger partial charge < -0.3 is 15.4 Å². The van der Waals surface area contributed by atoms with Gasteiger partial charge >= 0.3 is 0 Å². The largest absolute Gasteiger partial charge is 0.482 e. The molecule has 2 N–H and O–H groups in total. The number of nitrogens with one attached hydrogen (secondary N) is 2. The van der Waals surface area contributed by atoms with Crippen LogP contribution in [-0.4, -0.2) is 25.0 Å². The monoisotopic (exact) mass is 220 g/mol. The molecular weight excluding hydrogens is 208 g/mol. The van der Waals surface area contributed by atoms with E-state index in [0.717, 1.165) is 0 Å². The molecule has 0 radical (unpaired) electrons. The fraction of sp³-hybridized carbons (Fsp3) is 0.273. The quantitative estimate of drug-likeness (QED) is 0.773. The van der Waals surface area contributed by atoms with Crippen LogP contribution in [0.3, 0.4) is 0 Å². The summed E-state index contributed by atoms with van der Waals surface area (Å²) in [5.74, 6) is 0.221. The molecule has 5 heteroatoms. The van der Waals surface area contributed by atoms with Crippen molar-refractivity contribution >= 4 is 17.5 Å². The first kappa shape index (κ1) is 10.5. The number of amides is 2. The minimum Gasteiger partial charge on any atom is -0.482 e. The van der Waals surface area contributed by atoms with E-state index in [1.54, 1.807) is 18.2 Å². The van der Waals surface area contributed by atoms with Crippen LogP contribution in [-0.2, 0) is 4.79 Å². The van der Waals surface area contributed by atoms with Gasteiger partial charge in [0.1, 0.15) is 5.75 Å². The van der Waals surface area contributed by atoms with E-state index in [9.17, 15) is 9.59 Å². The second kappa shape index (κ2) is 4.22. The van der Waals surface area contributed by atoms with Crippen molar-refractivity contribution < 1.29 is 14.3 Å². The van der Waals surface area contributed by atoms with Gasteiger partial charge in [-0.25, -0.2) is 0 Å². The van der Waals surface area contributed by atoms with E-state index in [-0.39, 0.29) is 18.4 Å². The molecule has 0 atom stereocenters. The van der Waals surface area contributed by atoms with Crippen molar-refractivity contribution in [2.24, 2.45) is 0 Å². The summed E-state index contributed by atoms with van der Waals surface area (Å²) in [4.78, 5) is 22.6. The Morgan fingerprint density at radius 1 is 1.56 bits per heavy atom. The van der Waals surface area contributed by atoms with E-state index >= 15 is 0 Å². The van der Waals surface area contributed by atoms with Gasteiger partial charge in [0.2, 0.25) is 0 Å². The van der Waals surface area contributed by atoms with E-state index in [1.807, 2.05) is 6.92 Å². The number of ether oxygens (including phenoxy) is 1. The summed E-state index contributed by atoms with van der Waals surface area (Å²) in [6, 6.07) is 4.96. The first-order valence-corrected chi connectivity index (χ1v) is 5.05. The summed E-state index contributed by atoms with van der Waals surface area (Å²) in [6.45, 7) is 2.44. The zero-order valence-electron chi connectivity index (χ0n) is 8.87. The molecule has 2 rings (SSSR count). The molecule has 0 unspecified atom stereocenters. The summed E-state index contributed by atoms with van der Waals surface area (Å²) < 4.78 is 5.19. The van der Waals surface area contributed by atoms with Crippen molar-refractivity contribution in [2.75, 3.05) is 18.5 Å². The van der Waals surface area contributed by atoms with Crippen molar-refractivity contribution in [3.05, 3.63) is 23.8 Å². The number of hydrogen-bond donors (Lipinski definition) is 2. The Morgan fingerprint density at radius 2 is 2.38 bits per heavy atom. The molecule has 0 aliphatic carbocycles. The third-order valence-electron chi connectivity index (χ3n) is 2.21. The standard InChI is InChI=1S/C11H12N2O3/c1-2-12-11(15)7-3-4-9-8(5-7)13-10(14)6-16-9/h3-5H,2,6H2,1H3,(H,12,15)(H,13,14). The van der Waals surface area contributed by atoms with Crippen molar-refractivity contribution in [1.82, 2.24) is 5.32 Å². The van der Waals surface area contributed by atoms with Crippen LogP contribution in [0, 0.1) is 0 Å². The Kier molecular flexibility index (Phi) is 2.76. The van der Waals surface area contributed by atoms with Crippen molar-refractivity contribution in [3.63, 3.8) is 0 Å². The van der Waals surface area contributed by atoms with Gasteiger partial charge in [0.15, 0.2) is 6.61 Å². The Balaban J connectivity index is 2.27. The van der Waals surface area contributed by atoms with E-state index in [1.165, 1.54) is 0 Å². The minimum absolute atomic E-state index is 0.0213. The molecule has 1 heterocycles. The number of hydrogen-bond acceptors (Lipinski definition) is 3. The number of rotatable bonds is 2. The zero-order chi connectivity index (χ0) is 11.5. The van der Waals surface area contributed by atoms with E-state index in [0.29, 0.717) is 23.5 Å². The smallest absolute Gasteiger partial charge is 0.262 e. The predicted octanol–water partition coefficient (Wildman–Crippen LogP) is 0.767. The van der Waals surface area contributed by atoms with Gasteiger partial charge in [0.05, 0.1) is 5.69 Å². The van der Waals surface area contributed by atoms with Crippen LogP contribution in [0.1, 0.15) is 17.3 Å². The highest BCUT2D eigenvalue weighted by atomic mass is 16.5. The number of anilines is 1. The molecule has 0 saturated carbocycles. The summed E-state index contributed by atoms with van der Waals surface area (Å²) in [7, 11) is 0. The molecule has 1 aliphatic rings. The Labute approximate surface area is 92.8 Å². The number of carbonyl (C=O) groups excluding carboxylic acids is 2. The van der Waals surface area contributed by atoms with Gasteiger partial charge in [-0.3, -0.25) is 9.59 Å². The lowest BCUT2D eigenvalue weighted by Gasteiger charge is -2.18. The van der Waals surface area contributed by atoms with Crippen LogP contribution in [0.15, 0.2) is 18.2 Å². The fourth-order valence-corrected chi connectivity index (χ4v) is 1.49. The molecule has 0 saturated heterocycles.